The van der Waals surface area contributed by atoms with E-state index in [-0.39, 0.29) is 22.6 Å². The highest BCUT2D eigenvalue weighted by molar-refractivity contribution is 5.81. The van der Waals surface area contributed by atoms with Gasteiger partial charge in [-0.1, -0.05) is 18.2 Å². The first-order valence-electron chi connectivity index (χ1n) is 11.1. The standard InChI is InChI=1S/C28H25N3O4/c1-19-11-21(27(34)23(13-19)17-32)15-30-9-5-3-7-25(30)29-26-8-4-6-10-31(26)16-22-12-20(2)14-24(18-33)28(22)35/h3-14,17-18H,15-16H2,1-2H3,(H-,32,33,34,35)/p+1. The van der Waals surface area contributed by atoms with Crippen molar-refractivity contribution in [2.75, 3.05) is 0 Å². The minimum absolute atomic E-state index is 0.0383. The Balaban J connectivity index is 1.76. The second-order valence-corrected chi connectivity index (χ2v) is 8.44. The van der Waals surface area contributed by atoms with Crippen molar-refractivity contribution in [3.05, 3.63) is 112 Å². The van der Waals surface area contributed by atoms with Gasteiger partial charge in [-0.3, -0.25) is 9.59 Å². The molecule has 176 valence electrons. The summed E-state index contributed by atoms with van der Waals surface area (Å²) in [5.74, 6) is 0.565. The van der Waals surface area contributed by atoms with E-state index in [2.05, 4.69) is 0 Å². The van der Waals surface area contributed by atoms with E-state index in [1.165, 1.54) is 0 Å². The maximum absolute atomic E-state index is 11.3. The lowest BCUT2D eigenvalue weighted by Crippen LogP contribution is -2.35. The SMILES string of the molecule is Cc1cc(C=O)c(O)c(Cn2cccc/c2=N/c2cccc[n+]2Cc2cc(C)cc(C=O)c2O)c1. The van der Waals surface area contributed by atoms with Gasteiger partial charge in [0, 0.05) is 29.5 Å². The molecule has 0 radical (unpaired) electrons. The summed E-state index contributed by atoms with van der Waals surface area (Å²) in [6.07, 6.45) is 5.02. The first kappa shape index (κ1) is 23.6. The lowest BCUT2D eigenvalue weighted by Gasteiger charge is -2.11. The number of aromatic hydroxyl groups is 2. The van der Waals surface area contributed by atoms with Gasteiger partial charge in [-0.2, -0.15) is 0 Å². The molecule has 0 saturated heterocycles. The van der Waals surface area contributed by atoms with Gasteiger partial charge in [-0.05, 0) is 60.3 Å². The number of aromatic nitrogens is 2. The van der Waals surface area contributed by atoms with Crippen molar-refractivity contribution in [1.82, 2.24) is 4.57 Å². The van der Waals surface area contributed by atoms with Crippen LogP contribution in [-0.4, -0.2) is 27.4 Å². The highest BCUT2D eigenvalue weighted by Gasteiger charge is 2.15. The van der Waals surface area contributed by atoms with Gasteiger partial charge in [0.05, 0.1) is 23.9 Å². The molecule has 0 unspecified atom stereocenters. The molecule has 0 spiro atoms. The number of phenolic OH excluding ortho intramolecular Hbond substituents is 2. The molecule has 0 saturated carbocycles. The Morgan fingerprint density at radius 2 is 1.49 bits per heavy atom. The monoisotopic (exact) mass is 468 g/mol. The predicted octanol–water partition coefficient (Wildman–Crippen LogP) is 3.76. The van der Waals surface area contributed by atoms with E-state index in [0.29, 0.717) is 48.1 Å². The Morgan fingerprint density at radius 1 is 0.857 bits per heavy atom. The molecule has 0 amide bonds. The summed E-state index contributed by atoms with van der Waals surface area (Å²) in [6.45, 7) is 4.39. The van der Waals surface area contributed by atoms with Crippen molar-refractivity contribution >= 4 is 18.4 Å². The lowest BCUT2D eigenvalue weighted by atomic mass is 10.1. The van der Waals surface area contributed by atoms with E-state index in [0.717, 1.165) is 11.1 Å². The average molecular weight is 469 g/mol. The van der Waals surface area contributed by atoms with Gasteiger partial charge in [0.15, 0.2) is 12.6 Å². The smallest absolute Gasteiger partial charge is 0.325 e. The second-order valence-electron chi connectivity index (χ2n) is 8.44. The maximum Gasteiger partial charge on any atom is 0.325 e. The van der Waals surface area contributed by atoms with E-state index in [4.69, 9.17) is 4.99 Å². The maximum atomic E-state index is 11.3. The molecule has 0 aliphatic rings. The highest BCUT2D eigenvalue weighted by Crippen LogP contribution is 2.25. The predicted molar refractivity (Wildman–Crippen MR) is 131 cm³/mol. The van der Waals surface area contributed by atoms with Crippen LogP contribution in [0.25, 0.3) is 0 Å². The number of pyridine rings is 2. The third-order valence-electron chi connectivity index (χ3n) is 5.72. The Bertz CT molecular complexity index is 1490. The highest BCUT2D eigenvalue weighted by atomic mass is 16.3. The van der Waals surface area contributed by atoms with Crippen LogP contribution in [0.3, 0.4) is 0 Å². The van der Waals surface area contributed by atoms with Crippen molar-refractivity contribution in [2.24, 2.45) is 4.99 Å². The summed E-state index contributed by atoms with van der Waals surface area (Å²) in [4.78, 5) is 27.5. The second kappa shape index (κ2) is 10.2. The van der Waals surface area contributed by atoms with Crippen molar-refractivity contribution in [3.8, 4) is 11.5 Å². The van der Waals surface area contributed by atoms with E-state index in [9.17, 15) is 19.8 Å². The summed E-state index contributed by atoms with van der Waals surface area (Å²) in [6, 6.07) is 18.2. The molecule has 35 heavy (non-hydrogen) atoms. The zero-order valence-corrected chi connectivity index (χ0v) is 19.5. The Kier molecular flexibility index (Phi) is 6.87. The number of aryl methyl sites for hydroxylation is 2. The summed E-state index contributed by atoms with van der Waals surface area (Å²) >= 11 is 0. The van der Waals surface area contributed by atoms with Gasteiger partial charge in [0.2, 0.25) is 5.49 Å². The molecule has 7 nitrogen and oxygen atoms in total. The fourth-order valence-electron chi connectivity index (χ4n) is 4.08. The molecular formula is C28H26N3O4+. The molecule has 2 heterocycles. The molecule has 0 fully saturated rings. The number of carbonyl (C=O) groups is 2. The average Bonchev–Trinajstić information content (AvgIpc) is 2.85. The van der Waals surface area contributed by atoms with Crippen LogP contribution in [0, 0.1) is 13.8 Å². The van der Waals surface area contributed by atoms with Gasteiger partial charge in [-0.15, -0.1) is 0 Å². The largest absolute Gasteiger partial charge is 0.507 e. The number of hydrogen-bond donors (Lipinski definition) is 2. The normalized spacial score (nSPS) is 11.4. The number of carbonyl (C=O) groups excluding carboxylic acids is 2. The van der Waals surface area contributed by atoms with Crippen molar-refractivity contribution in [1.29, 1.82) is 0 Å². The van der Waals surface area contributed by atoms with Gasteiger partial charge in [0.1, 0.15) is 18.0 Å². The van der Waals surface area contributed by atoms with Crippen LogP contribution in [0.15, 0.2) is 78.0 Å². The number of rotatable bonds is 7. The topological polar surface area (TPSA) is 95.8 Å². The van der Waals surface area contributed by atoms with Crippen LogP contribution >= 0.6 is 0 Å². The Morgan fingerprint density at radius 3 is 2.17 bits per heavy atom. The molecule has 0 bridgehead atoms. The fourth-order valence-corrected chi connectivity index (χ4v) is 4.08. The summed E-state index contributed by atoms with van der Waals surface area (Å²) in [7, 11) is 0. The number of nitrogens with zero attached hydrogens (tertiary/aromatic N) is 3. The molecule has 2 aromatic heterocycles. The van der Waals surface area contributed by atoms with Crippen LogP contribution in [0.2, 0.25) is 0 Å². The first-order chi connectivity index (χ1) is 16.9. The van der Waals surface area contributed by atoms with Gasteiger partial charge in [-0.25, -0.2) is 4.57 Å². The van der Waals surface area contributed by atoms with E-state index in [1.54, 1.807) is 12.1 Å². The third-order valence-corrected chi connectivity index (χ3v) is 5.72. The van der Waals surface area contributed by atoms with Crippen LogP contribution in [0.5, 0.6) is 11.5 Å². The van der Waals surface area contributed by atoms with Crippen LogP contribution in [0.1, 0.15) is 43.0 Å². The van der Waals surface area contributed by atoms with Crippen LogP contribution in [0.4, 0.5) is 5.82 Å². The fraction of sp³-hybridized carbons (Fsp3) is 0.143. The zero-order chi connectivity index (χ0) is 24.9. The van der Waals surface area contributed by atoms with Crippen molar-refractivity contribution in [2.45, 2.75) is 26.9 Å². The lowest BCUT2D eigenvalue weighted by molar-refractivity contribution is -0.675. The first-order valence-corrected chi connectivity index (χ1v) is 11.1. The van der Waals surface area contributed by atoms with Crippen molar-refractivity contribution < 1.29 is 24.4 Å². The van der Waals surface area contributed by atoms with E-state index in [1.807, 2.05) is 83.9 Å². The van der Waals surface area contributed by atoms with E-state index >= 15 is 0 Å². The molecule has 4 rings (SSSR count). The third kappa shape index (κ3) is 5.19. The molecule has 0 aliphatic heterocycles. The Hall–Kier alpha value is -4.52. The van der Waals surface area contributed by atoms with Gasteiger partial charge < -0.3 is 14.8 Å². The van der Waals surface area contributed by atoms with Gasteiger partial charge in [0.25, 0.3) is 0 Å². The number of aldehydes is 2. The molecule has 4 aromatic rings. The quantitative estimate of drug-likeness (QED) is 0.319. The minimum atomic E-state index is -0.0383. The summed E-state index contributed by atoms with van der Waals surface area (Å²) < 4.78 is 3.77. The van der Waals surface area contributed by atoms with Crippen LogP contribution < -0.4 is 10.1 Å². The number of hydrogen-bond acceptors (Lipinski definition) is 5. The minimum Gasteiger partial charge on any atom is -0.507 e. The molecule has 2 N–H and O–H groups in total. The van der Waals surface area contributed by atoms with E-state index < -0.39 is 0 Å². The number of benzene rings is 2. The summed E-state index contributed by atoms with van der Waals surface area (Å²) in [5, 5.41) is 21.1. The van der Waals surface area contributed by atoms with Gasteiger partial charge >= 0.3 is 5.82 Å². The molecular weight excluding hydrogens is 442 g/mol. The number of phenols is 2. The molecule has 7 heteroatoms. The molecule has 2 aromatic carbocycles. The van der Waals surface area contributed by atoms with Crippen molar-refractivity contribution in [3.63, 3.8) is 0 Å². The molecule has 0 atom stereocenters. The zero-order valence-electron chi connectivity index (χ0n) is 19.5. The Labute approximate surface area is 202 Å². The summed E-state index contributed by atoms with van der Waals surface area (Å²) in [5.41, 5.74) is 4.14. The molecule has 0 aliphatic carbocycles. The van der Waals surface area contributed by atoms with Crippen LogP contribution in [-0.2, 0) is 13.1 Å².